The van der Waals surface area contributed by atoms with Gasteiger partial charge in [0.1, 0.15) is 23.8 Å². The van der Waals surface area contributed by atoms with Gasteiger partial charge in [-0.3, -0.25) is 4.68 Å². The summed E-state index contributed by atoms with van der Waals surface area (Å²) < 4.78 is 54.1. The van der Waals surface area contributed by atoms with E-state index in [4.69, 9.17) is 14.6 Å². The topological polar surface area (TPSA) is 96.1 Å². The molecule has 0 bridgehead atoms. The monoisotopic (exact) mass is 602 g/mol. The minimum atomic E-state index is -4.42. The van der Waals surface area contributed by atoms with Gasteiger partial charge in [0, 0.05) is 25.2 Å². The lowest BCUT2D eigenvalue weighted by Crippen LogP contribution is -2.40. The van der Waals surface area contributed by atoms with Gasteiger partial charge in [-0.15, -0.1) is 10.2 Å². The molecule has 9 nitrogen and oxygen atoms in total. The van der Waals surface area contributed by atoms with Crippen molar-refractivity contribution in [3.05, 3.63) is 59.4 Å². The van der Waals surface area contributed by atoms with E-state index in [1.165, 1.54) is 17.7 Å². The van der Waals surface area contributed by atoms with E-state index in [0.29, 0.717) is 17.8 Å². The van der Waals surface area contributed by atoms with Gasteiger partial charge < -0.3 is 19.4 Å². The molecule has 2 aliphatic rings. The number of alkyl halides is 3. The lowest BCUT2D eigenvalue weighted by Gasteiger charge is -2.30. The number of hydrogen-bond donors (Lipinski definition) is 1. The lowest BCUT2D eigenvalue weighted by atomic mass is 9.83. The first-order chi connectivity index (χ1) is 20.4. The van der Waals surface area contributed by atoms with Crippen LogP contribution in [-0.4, -0.2) is 42.3 Å². The van der Waals surface area contributed by atoms with Gasteiger partial charge in [-0.1, -0.05) is 6.07 Å². The second kappa shape index (κ2) is 12.6. The van der Waals surface area contributed by atoms with Crippen LogP contribution in [0.1, 0.15) is 113 Å². The fraction of sp³-hybridized carbons (Fsp3) is 0.613. The highest BCUT2D eigenvalue weighted by molar-refractivity contribution is 5.68. The third kappa shape index (κ3) is 7.88. The second-order valence-corrected chi connectivity index (χ2v) is 12.8. The van der Waals surface area contributed by atoms with Crippen LogP contribution in [-0.2, 0) is 24.6 Å². The average Bonchev–Trinajstić information content (AvgIpc) is 3.58. The molecular weight excluding hydrogens is 561 g/mol. The molecule has 0 atom stereocenters. The number of amides is 1. The molecule has 0 unspecified atom stereocenters. The van der Waals surface area contributed by atoms with E-state index in [9.17, 15) is 18.0 Å². The number of aromatic nitrogens is 5. The number of halogens is 3. The lowest BCUT2D eigenvalue weighted by molar-refractivity contribution is -0.137. The zero-order valence-corrected chi connectivity index (χ0v) is 25.2. The largest absolute Gasteiger partial charge is 0.486 e. The van der Waals surface area contributed by atoms with Gasteiger partial charge in [-0.05, 0) is 102 Å². The van der Waals surface area contributed by atoms with Gasteiger partial charge in [-0.25, -0.2) is 4.79 Å². The highest BCUT2D eigenvalue weighted by Gasteiger charge is 2.32. The molecule has 234 valence electrons. The molecule has 1 N–H and O–H groups in total. The maximum absolute atomic E-state index is 13.0. The Hall–Kier alpha value is -3.57. The first-order valence-corrected chi connectivity index (χ1v) is 15.1. The molecule has 2 heterocycles. The summed E-state index contributed by atoms with van der Waals surface area (Å²) in [6.45, 7) is 5.64. The summed E-state index contributed by atoms with van der Waals surface area (Å²) in [5, 5.41) is 16.4. The molecule has 12 heteroatoms. The molecule has 2 aliphatic carbocycles. The third-order valence-electron chi connectivity index (χ3n) is 8.50. The van der Waals surface area contributed by atoms with Crippen LogP contribution in [0.3, 0.4) is 0 Å². The van der Waals surface area contributed by atoms with Gasteiger partial charge in [0.15, 0.2) is 5.82 Å². The second-order valence-electron chi connectivity index (χ2n) is 12.8. The van der Waals surface area contributed by atoms with Crippen LogP contribution >= 0.6 is 0 Å². The molecule has 1 amide bonds. The number of ether oxygens (including phenoxy) is 2. The van der Waals surface area contributed by atoms with E-state index in [0.717, 1.165) is 69.3 Å². The molecule has 0 aliphatic heterocycles. The van der Waals surface area contributed by atoms with E-state index < -0.39 is 17.3 Å². The minimum absolute atomic E-state index is 0.0369. The Morgan fingerprint density at radius 3 is 2.37 bits per heavy atom. The molecule has 0 saturated heterocycles. The zero-order valence-electron chi connectivity index (χ0n) is 25.2. The van der Waals surface area contributed by atoms with Crippen LogP contribution in [0.5, 0.6) is 5.75 Å². The Balaban J connectivity index is 1.09. The number of nitrogens with one attached hydrogen (secondary N) is 1. The zero-order chi connectivity index (χ0) is 30.8. The summed E-state index contributed by atoms with van der Waals surface area (Å²) in [7, 11) is 1.88. The number of hydrogen-bond acceptors (Lipinski definition) is 6. The number of rotatable bonds is 7. The summed E-state index contributed by atoms with van der Waals surface area (Å²) in [4.78, 5) is 12.1. The van der Waals surface area contributed by atoms with Gasteiger partial charge in [-0.2, -0.15) is 18.3 Å². The first-order valence-electron chi connectivity index (χ1n) is 15.1. The van der Waals surface area contributed by atoms with Gasteiger partial charge in [0.2, 0.25) is 0 Å². The predicted octanol–water partition coefficient (Wildman–Crippen LogP) is 7.06. The molecule has 0 radical (unpaired) electrons. The van der Waals surface area contributed by atoms with Crippen molar-refractivity contribution in [2.45, 2.75) is 114 Å². The van der Waals surface area contributed by atoms with Crippen molar-refractivity contribution in [2.75, 3.05) is 0 Å². The maximum Gasteiger partial charge on any atom is 0.416 e. The SMILES string of the molecule is Cn1c(COc2cccc(C(F)(F)F)c2)nnc1[C@H]1CC[C@H](n2cc([C@H]3CC[C@H](NC(=O)OC(C)(C)C)CC3)cn2)CC1. The fourth-order valence-electron chi connectivity index (χ4n) is 6.17. The Morgan fingerprint density at radius 2 is 1.70 bits per heavy atom. The van der Waals surface area contributed by atoms with Crippen molar-refractivity contribution in [1.82, 2.24) is 29.9 Å². The van der Waals surface area contributed by atoms with E-state index in [-0.39, 0.29) is 30.4 Å². The average molecular weight is 603 g/mol. The van der Waals surface area contributed by atoms with Gasteiger partial charge >= 0.3 is 12.3 Å². The Labute approximate surface area is 250 Å². The van der Waals surface area contributed by atoms with Crippen LogP contribution in [0.4, 0.5) is 18.0 Å². The van der Waals surface area contributed by atoms with E-state index in [1.54, 1.807) is 0 Å². The van der Waals surface area contributed by atoms with Crippen LogP contribution in [0, 0.1) is 0 Å². The molecule has 2 aromatic heterocycles. The third-order valence-corrected chi connectivity index (χ3v) is 8.50. The summed E-state index contributed by atoms with van der Waals surface area (Å²) >= 11 is 0. The van der Waals surface area contributed by atoms with Crippen molar-refractivity contribution in [3.63, 3.8) is 0 Å². The molecule has 43 heavy (non-hydrogen) atoms. The number of alkyl carbamates (subject to hydrolysis) is 1. The van der Waals surface area contributed by atoms with Crippen molar-refractivity contribution in [1.29, 1.82) is 0 Å². The number of nitrogens with zero attached hydrogens (tertiary/aromatic N) is 5. The molecule has 3 aromatic rings. The van der Waals surface area contributed by atoms with E-state index in [2.05, 4.69) is 26.4 Å². The maximum atomic E-state index is 13.0. The summed E-state index contributed by atoms with van der Waals surface area (Å²) in [5.74, 6) is 2.28. The van der Waals surface area contributed by atoms with Gasteiger partial charge in [0.25, 0.3) is 0 Å². The van der Waals surface area contributed by atoms with Crippen LogP contribution < -0.4 is 10.1 Å². The molecular formula is C31H41F3N6O3. The predicted molar refractivity (Wildman–Crippen MR) is 154 cm³/mol. The summed E-state index contributed by atoms with van der Waals surface area (Å²) in [6.07, 6.45) is 7.12. The highest BCUT2D eigenvalue weighted by Crippen LogP contribution is 2.39. The Bertz CT molecular complexity index is 1380. The van der Waals surface area contributed by atoms with E-state index in [1.807, 2.05) is 38.6 Å². The molecule has 1 aromatic carbocycles. The molecule has 5 rings (SSSR count). The highest BCUT2D eigenvalue weighted by atomic mass is 19.4. The van der Waals surface area contributed by atoms with Crippen LogP contribution in [0.25, 0.3) is 0 Å². The van der Waals surface area contributed by atoms with Crippen LogP contribution in [0.2, 0.25) is 0 Å². The minimum Gasteiger partial charge on any atom is -0.486 e. The smallest absolute Gasteiger partial charge is 0.416 e. The van der Waals surface area contributed by atoms with E-state index >= 15 is 0 Å². The van der Waals surface area contributed by atoms with Gasteiger partial charge in [0.05, 0.1) is 17.8 Å². The molecule has 2 fully saturated rings. The number of carbonyl (C=O) groups excluding carboxylic acids is 1. The summed E-state index contributed by atoms with van der Waals surface area (Å²) in [6, 6.07) is 5.32. The van der Waals surface area contributed by atoms with Crippen molar-refractivity contribution < 1.29 is 27.4 Å². The fourth-order valence-corrected chi connectivity index (χ4v) is 6.17. The summed E-state index contributed by atoms with van der Waals surface area (Å²) in [5.41, 5.74) is 0.0147. The normalized spacial score (nSPS) is 23.1. The van der Waals surface area contributed by atoms with Crippen molar-refractivity contribution in [3.8, 4) is 5.75 Å². The Kier molecular flexibility index (Phi) is 9.03. The number of carbonyl (C=O) groups is 1. The first kappa shape index (κ1) is 30.9. The quantitative estimate of drug-likeness (QED) is 0.311. The Morgan fingerprint density at radius 1 is 1.00 bits per heavy atom. The van der Waals surface area contributed by atoms with Crippen LogP contribution in [0.15, 0.2) is 36.7 Å². The standard InChI is InChI=1S/C31H41F3N6O3/c1-30(2,3)43-29(41)36-24-12-8-20(9-13-24)22-17-35-40(18-22)25-14-10-21(11-15-25)28-38-37-27(39(28)4)19-42-26-7-5-6-23(16-26)31(32,33)34/h5-7,16-18,20-21,24-25H,8-15,19H2,1-4H3,(H,36,41)/t20-,21-,24-,25-. The van der Waals surface area contributed by atoms with Crippen molar-refractivity contribution >= 4 is 6.09 Å². The molecule has 0 spiro atoms. The number of benzene rings is 1. The van der Waals surface area contributed by atoms with Crippen molar-refractivity contribution in [2.24, 2.45) is 7.05 Å². The molecule has 2 saturated carbocycles.